The second-order valence-corrected chi connectivity index (χ2v) is 6.51. The van der Waals surface area contributed by atoms with Crippen molar-refractivity contribution < 1.29 is 14.6 Å². The van der Waals surface area contributed by atoms with Gasteiger partial charge in [0.15, 0.2) is 0 Å². The quantitative estimate of drug-likeness (QED) is 0.804. The Labute approximate surface area is 143 Å². The van der Waals surface area contributed by atoms with E-state index in [0.717, 1.165) is 5.69 Å². The van der Waals surface area contributed by atoms with E-state index in [0.29, 0.717) is 39.1 Å². The predicted octanol–water partition coefficient (Wildman–Crippen LogP) is 0.0220. The molecule has 1 aliphatic heterocycles. The molecule has 3 atom stereocenters. The SMILES string of the molecule is CNC[C@@H]1OCc2cnnn2CCCC(=O)N([C@H](C)CO)C[C@@H]1C. The number of fused-ring (bicyclic) bond motifs is 1. The van der Waals surface area contributed by atoms with Crippen LogP contribution in [0.4, 0.5) is 0 Å². The maximum absolute atomic E-state index is 12.6. The number of hydrogen-bond donors (Lipinski definition) is 2. The molecule has 8 nitrogen and oxygen atoms in total. The van der Waals surface area contributed by atoms with Crippen molar-refractivity contribution >= 4 is 5.91 Å². The van der Waals surface area contributed by atoms with E-state index in [1.54, 1.807) is 15.8 Å². The zero-order valence-corrected chi connectivity index (χ0v) is 14.8. The average molecular weight is 339 g/mol. The molecule has 0 bridgehead atoms. The maximum Gasteiger partial charge on any atom is 0.222 e. The lowest BCUT2D eigenvalue weighted by Crippen LogP contribution is -2.47. The molecule has 2 heterocycles. The first kappa shape index (κ1) is 18.8. The van der Waals surface area contributed by atoms with E-state index in [4.69, 9.17) is 4.74 Å². The summed E-state index contributed by atoms with van der Waals surface area (Å²) in [6.07, 6.45) is 2.81. The fourth-order valence-electron chi connectivity index (χ4n) is 2.97. The third kappa shape index (κ3) is 4.75. The Bertz CT molecular complexity index is 522. The fourth-order valence-corrected chi connectivity index (χ4v) is 2.97. The lowest BCUT2D eigenvalue weighted by atomic mass is 10.0. The Morgan fingerprint density at radius 1 is 1.54 bits per heavy atom. The monoisotopic (exact) mass is 339 g/mol. The number of nitrogens with zero attached hydrogens (tertiary/aromatic N) is 4. The molecule has 136 valence electrons. The van der Waals surface area contributed by atoms with Gasteiger partial charge >= 0.3 is 0 Å². The first-order valence-electron chi connectivity index (χ1n) is 8.60. The maximum atomic E-state index is 12.6. The van der Waals surface area contributed by atoms with Gasteiger partial charge in [-0.05, 0) is 20.4 Å². The third-order valence-electron chi connectivity index (χ3n) is 4.55. The molecule has 0 unspecified atom stereocenters. The van der Waals surface area contributed by atoms with Crippen LogP contribution in [0, 0.1) is 5.92 Å². The highest BCUT2D eigenvalue weighted by molar-refractivity contribution is 5.76. The number of likely N-dealkylation sites (N-methyl/N-ethyl adjacent to an activating group) is 1. The van der Waals surface area contributed by atoms with Crippen molar-refractivity contribution in [2.45, 2.75) is 52.0 Å². The number of carbonyl (C=O) groups is 1. The molecule has 1 aromatic rings. The number of hydrogen-bond acceptors (Lipinski definition) is 6. The van der Waals surface area contributed by atoms with Gasteiger partial charge in [0, 0.05) is 32.0 Å². The molecule has 1 aromatic heterocycles. The highest BCUT2D eigenvalue weighted by Crippen LogP contribution is 2.17. The largest absolute Gasteiger partial charge is 0.394 e. The van der Waals surface area contributed by atoms with E-state index in [-0.39, 0.29) is 30.6 Å². The number of carbonyl (C=O) groups excluding carboxylic acids is 1. The molecule has 2 rings (SSSR count). The Morgan fingerprint density at radius 2 is 2.33 bits per heavy atom. The van der Waals surface area contributed by atoms with Crippen LogP contribution in [-0.2, 0) is 22.7 Å². The van der Waals surface area contributed by atoms with E-state index in [2.05, 4.69) is 22.6 Å². The minimum Gasteiger partial charge on any atom is -0.394 e. The summed E-state index contributed by atoms with van der Waals surface area (Å²) in [5.74, 6) is 0.202. The number of rotatable bonds is 4. The summed E-state index contributed by atoms with van der Waals surface area (Å²) >= 11 is 0. The summed E-state index contributed by atoms with van der Waals surface area (Å²) in [6.45, 7) is 6.27. The molecule has 0 aromatic carbocycles. The van der Waals surface area contributed by atoms with Crippen LogP contribution in [0.1, 0.15) is 32.4 Å². The van der Waals surface area contributed by atoms with E-state index in [1.807, 2.05) is 14.0 Å². The van der Waals surface area contributed by atoms with Crippen molar-refractivity contribution in [2.75, 3.05) is 26.7 Å². The predicted molar refractivity (Wildman–Crippen MR) is 89.2 cm³/mol. The summed E-state index contributed by atoms with van der Waals surface area (Å²) < 4.78 is 7.89. The summed E-state index contributed by atoms with van der Waals surface area (Å²) in [7, 11) is 1.89. The Balaban J connectivity index is 2.20. The summed E-state index contributed by atoms with van der Waals surface area (Å²) in [4.78, 5) is 14.4. The van der Waals surface area contributed by atoms with Crippen LogP contribution in [0.15, 0.2) is 6.20 Å². The normalized spacial score (nSPS) is 24.8. The number of aliphatic hydroxyl groups excluding tert-OH is 1. The van der Waals surface area contributed by atoms with Crippen molar-refractivity contribution in [3.63, 3.8) is 0 Å². The molecule has 0 aliphatic carbocycles. The Kier molecular flexibility index (Phi) is 7.14. The summed E-state index contributed by atoms with van der Waals surface area (Å²) in [6, 6.07) is -0.194. The molecular weight excluding hydrogens is 310 g/mol. The highest BCUT2D eigenvalue weighted by Gasteiger charge is 2.27. The number of ether oxygens (including phenoxy) is 1. The Morgan fingerprint density at radius 3 is 3.04 bits per heavy atom. The Hall–Kier alpha value is -1.51. The van der Waals surface area contributed by atoms with Gasteiger partial charge in [-0.15, -0.1) is 5.10 Å². The van der Waals surface area contributed by atoms with Crippen LogP contribution in [-0.4, -0.2) is 69.8 Å². The zero-order chi connectivity index (χ0) is 17.5. The van der Waals surface area contributed by atoms with Crippen LogP contribution in [0.25, 0.3) is 0 Å². The van der Waals surface area contributed by atoms with Crippen molar-refractivity contribution in [3.8, 4) is 0 Å². The summed E-state index contributed by atoms with van der Waals surface area (Å²) in [5, 5.41) is 20.7. The number of aliphatic hydroxyl groups is 1. The van der Waals surface area contributed by atoms with E-state index < -0.39 is 0 Å². The molecule has 1 aliphatic rings. The number of amides is 1. The molecular formula is C16H29N5O3. The molecule has 24 heavy (non-hydrogen) atoms. The van der Waals surface area contributed by atoms with Crippen molar-refractivity contribution in [1.29, 1.82) is 0 Å². The standard InChI is InChI=1S/C16H29N5O3/c1-12-9-20(13(2)10-22)16(23)5-4-6-21-14(7-18-19-21)11-24-15(12)8-17-3/h7,12-13,15,17,22H,4-6,8-11H2,1-3H3/t12-,13+,15-/m0/s1. The van der Waals surface area contributed by atoms with Gasteiger partial charge in [0.1, 0.15) is 0 Å². The van der Waals surface area contributed by atoms with Gasteiger partial charge in [-0.25, -0.2) is 4.68 Å². The van der Waals surface area contributed by atoms with Crippen LogP contribution < -0.4 is 5.32 Å². The molecule has 0 radical (unpaired) electrons. The van der Waals surface area contributed by atoms with Crippen LogP contribution in [0.2, 0.25) is 0 Å². The average Bonchev–Trinajstić information content (AvgIpc) is 3.01. The molecule has 2 N–H and O–H groups in total. The second-order valence-electron chi connectivity index (χ2n) is 6.51. The molecule has 0 fully saturated rings. The smallest absolute Gasteiger partial charge is 0.222 e. The van der Waals surface area contributed by atoms with Gasteiger partial charge in [-0.3, -0.25) is 4.79 Å². The van der Waals surface area contributed by atoms with Gasteiger partial charge in [0.05, 0.1) is 37.3 Å². The highest BCUT2D eigenvalue weighted by atomic mass is 16.5. The van der Waals surface area contributed by atoms with Crippen molar-refractivity contribution in [3.05, 3.63) is 11.9 Å². The van der Waals surface area contributed by atoms with Crippen LogP contribution in [0.3, 0.4) is 0 Å². The lowest BCUT2D eigenvalue weighted by molar-refractivity contribution is -0.136. The fraction of sp³-hybridized carbons (Fsp3) is 0.812. The summed E-state index contributed by atoms with van der Waals surface area (Å²) in [5.41, 5.74) is 0.928. The first-order valence-corrected chi connectivity index (χ1v) is 8.60. The van der Waals surface area contributed by atoms with Gasteiger partial charge in [-0.1, -0.05) is 12.1 Å². The van der Waals surface area contributed by atoms with Crippen molar-refractivity contribution in [1.82, 2.24) is 25.2 Å². The van der Waals surface area contributed by atoms with Crippen LogP contribution >= 0.6 is 0 Å². The zero-order valence-electron chi connectivity index (χ0n) is 14.8. The molecule has 1 amide bonds. The minimum absolute atomic E-state index is 0.0385. The number of nitrogens with one attached hydrogen (secondary N) is 1. The first-order chi connectivity index (χ1) is 11.6. The van der Waals surface area contributed by atoms with Gasteiger partial charge in [-0.2, -0.15) is 0 Å². The van der Waals surface area contributed by atoms with E-state index in [1.165, 1.54) is 0 Å². The van der Waals surface area contributed by atoms with Crippen molar-refractivity contribution in [2.24, 2.45) is 5.92 Å². The van der Waals surface area contributed by atoms with Gasteiger partial charge < -0.3 is 20.1 Å². The van der Waals surface area contributed by atoms with Crippen LogP contribution in [0.5, 0.6) is 0 Å². The minimum atomic E-state index is -0.194. The van der Waals surface area contributed by atoms with Gasteiger partial charge in [0.25, 0.3) is 0 Å². The number of aryl methyl sites for hydroxylation is 1. The molecule has 0 saturated heterocycles. The third-order valence-corrected chi connectivity index (χ3v) is 4.55. The number of aromatic nitrogens is 3. The van der Waals surface area contributed by atoms with E-state index >= 15 is 0 Å². The van der Waals surface area contributed by atoms with E-state index in [9.17, 15) is 9.90 Å². The lowest BCUT2D eigenvalue weighted by Gasteiger charge is -2.34. The molecule has 8 heteroatoms. The second kappa shape index (κ2) is 9.10. The van der Waals surface area contributed by atoms with Gasteiger partial charge in [0.2, 0.25) is 5.91 Å². The molecule has 0 saturated carbocycles. The molecule has 0 spiro atoms. The topological polar surface area (TPSA) is 92.5 Å².